The first-order valence-electron chi connectivity index (χ1n) is 4.41. The first kappa shape index (κ1) is 12.2. The minimum Gasteiger partial charge on any atom is -0.842 e. The monoisotopic (exact) mass is 234 g/mol. The van der Waals surface area contributed by atoms with Gasteiger partial charge in [0.25, 0.3) is 0 Å². The van der Waals surface area contributed by atoms with Crippen LogP contribution in [0.3, 0.4) is 0 Å². The normalized spacial score (nSPS) is 34.3. The molecular weight excluding hydrogens is 226 g/mol. The van der Waals surface area contributed by atoms with E-state index in [1.54, 1.807) is 0 Å². The molecule has 0 aliphatic heterocycles. The second kappa shape index (κ2) is 4.35. The predicted octanol–water partition coefficient (Wildman–Crippen LogP) is -1.55. The van der Waals surface area contributed by atoms with Crippen molar-refractivity contribution in [3.63, 3.8) is 0 Å². The molecule has 2 atom stereocenters. The Balaban J connectivity index is 2.92. The quantitative estimate of drug-likeness (QED) is 0.422. The maximum atomic E-state index is 11.4. The smallest absolute Gasteiger partial charge is 0.226 e. The Hall–Kier alpha value is -1.84. The van der Waals surface area contributed by atoms with Crippen LogP contribution >= 0.6 is 0 Å². The van der Waals surface area contributed by atoms with E-state index in [9.17, 15) is 35.4 Å². The molecule has 0 spiro atoms. The molecule has 1 aliphatic carbocycles. The zero-order chi connectivity index (χ0) is 12.5. The van der Waals surface area contributed by atoms with Gasteiger partial charge in [-0.25, -0.2) is 0 Å². The summed E-state index contributed by atoms with van der Waals surface area (Å²) in [7, 11) is 0. The third kappa shape index (κ3) is 2.21. The van der Waals surface area contributed by atoms with Gasteiger partial charge in [0.15, 0.2) is 0 Å². The lowest BCUT2D eigenvalue weighted by molar-refractivity contribution is -0.663. The zero-order valence-electron chi connectivity index (χ0n) is 7.92. The summed E-state index contributed by atoms with van der Waals surface area (Å²) in [5.74, 6) is 0. The molecule has 2 unspecified atom stereocenters. The van der Waals surface area contributed by atoms with Crippen molar-refractivity contribution in [2.75, 3.05) is 0 Å². The van der Waals surface area contributed by atoms with Crippen LogP contribution in [0.5, 0.6) is 0 Å². The Morgan fingerprint density at radius 2 is 1.19 bits per heavy atom. The largest absolute Gasteiger partial charge is 0.842 e. The van der Waals surface area contributed by atoms with Crippen molar-refractivity contribution in [3.05, 3.63) is 30.3 Å². The van der Waals surface area contributed by atoms with E-state index in [4.69, 9.17) is 0 Å². The number of nitrogens with zero attached hydrogens (tertiary/aromatic N) is 3. The molecule has 1 rings (SSSR count). The SMILES string of the molecule is O=[N+]([O-])C1CC([N+](=O)[O-])C([O-])C([N+](=O)[O-])C1. The van der Waals surface area contributed by atoms with E-state index in [1.807, 2.05) is 0 Å². The van der Waals surface area contributed by atoms with Crippen molar-refractivity contribution in [2.45, 2.75) is 37.1 Å². The van der Waals surface area contributed by atoms with E-state index >= 15 is 0 Å². The van der Waals surface area contributed by atoms with Gasteiger partial charge in [0.05, 0.1) is 12.8 Å². The molecule has 1 aliphatic rings. The van der Waals surface area contributed by atoms with Crippen LogP contribution in [0.15, 0.2) is 0 Å². The van der Waals surface area contributed by atoms with Crippen LogP contribution in [0.2, 0.25) is 0 Å². The molecule has 0 bridgehead atoms. The first-order valence-corrected chi connectivity index (χ1v) is 4.41. The summed E-state index contributed by atoms with van der Waals surface area (Å²) in [4.78, 5) is 28.6. The molecule has 0 N–H and O–H groups in total. The van der Waals surface area contributed by atoms with Gasteiger partial charge in [-0.2, -0.15) is 0 Å². The summed E-state index contributed by atoms with van der Waals surface area (Å²) in [6.07, 6.45) is -3.11. The number of rotatable bonds is 3. The van der Waals surface area contributed by atoms with Crippen molar-refractivity contribution in [1.29, 1.82) is 0 Å². The zero-order valence-corrected chi connectivity index (χ0v) is 7.92. The standard InChI is InChI=1S/C6H8N3O7/c10-6-4(8(13)14)1-3(7(11)12)2-5(6)9(15)16/h3-6H,1-2H2/q-1. The lowest BCUT2D eigenvalue weighted by atomic mass is 9.85. The molecule has 0 heterocycles. The molecule has 0 aromatic heterocycles. The van der Waals surface area contributed by atoms with Crippen molar-refractivity contribution in [2.24, 2.45) is 0 Å². The van der Waals surface area contributed by atoms with Gasteiger partial charge in [-0.1, -0.05) is 0 Å². The molecule has 10 heteroatoms. The fourth-order valence-electron chi connectivity index (χ4n) is 1.76. The van der Waals surface area contributed by atoms with Gasteiger partial charge >= 0.3 is 0 Å². The lowest BCUT2D eigenvalue weighted by Gasteiger charge is -2.33. The Morgan fingerprint density at radius 1 is 0.812 bits per heavy atom. The lowest BCUT2D eigenvalue weighted by Crippen LogP contribution is -2.60. The van der Waals surface area contributed by atoms with E-state index < -0.39 is 51.8 Å². The average Bonchev–Trinajstić information content (AvgIpc) is 2.16. The van der Waals surface area contributed by atoms with Gasteiger partial charge in [0.1, 0.15) is 0 Å². The van der Waals surface area contributed by atoms with E-state index in [1.165, 1.54) is 0 Å². The molecule has 16 heavy (non-hydrogen) atoms. The summed E-state index contributed by atoms with van der Waals surface area (Å²) in [5, 5.41) is 42.7. The number of nitro groups is 3. The molecule has 90 valence electrons. The summed E-state index contributed by atoms with van der Waals surface area (Å²) in [6.45, 7) is 0. The maximum Gasteiger partial charge on any atom is 0.226 e. The van der Waals surface area contributed by atoms with Crippen LogP contribution in [0.1, 0.15) is 12.8 Å². The third-order valence-electron chi connectivity index (χ3n) is 2.63. The van der Waals surface area contributed by atoms with Crippen LogP contribution in [-0.2, 0) is 0 Å². The van der Waals surface area contributed by atoms with Crippen molar-refractivity contribution >= 4 is 0 Å². The number of hydrogen-bond donors (Lipinski definition) is 0. The molecule has 10 nitrogen and oxygen atoms in total. The molecule has 0 aromatic rings. The topological polar surface area (TPSA) is 152 Å². The Labute approximate surface area is 88.3 Å². The molecule has 0 amide bonds. The van der Waals surface area contributed by atoms with E-state index in [0.29, 0.717) is 0 Å². The van der Waals surface area contributed by atoms with Crippen LogP contribution in [0.4, 0.5) is 0 Å². The van der Waals surface area contributed by atoms with Gasteiger partial charge in [-0.05, 0) is 0 Å². The third-order valence-corrected chi connectivity index (χ3v) is 2.63. The molecule has 0 radical (unpaired) electrons. The summed E-state index contributed by atoms with van der Waals surface area (Å²) >= 11 is 0. The fourth-order valence-corrected chi connectivity index (χ4v) is 1.76. The second-order valence-electron chi connectivity index (χ2n) is 3.58. The Kier molecular flexibility index (Phi) is 3.32. The Morgan fingerprint density at radius 3 is 1.44 bits per heavy atom. The van der Waals surface area contributed by atoms with Gasteiger partial charge in [-0.15, -0.1) is 0 Å². The van der Waals surface area contributed by atoms with Crippen LogP contribution in [0, 0.1) is 30.3 Å². The van der Waals surface area contributed by atoms with Crippen molar-refractivity contribution in [1.82, 2.24) is 0 Å². The predicted molar refractivity (Wildman–Crippen MR) is 45.4 cm³/mol. The van der Waals surface area contributed by atoms with E-state index in [0.717, 1.165) is 0 Å². The van der Waals surface area contributed by atoms with Crippen LogP contribution in [-0.4, -0.2) is 39.0 Å². The summed E-state index contributed by atoms with van der Waals surface area (Å²) in [5.41, 5.74) is 0. The van der Waals surface area contributed by atoms with Crippen molar-refractivity contribution in [3.8, 4) is 0 Å². The first-order chi connectivity index (χ1) is 7.34. The maximum absolute atomic E-state index is 11.4. The van der Waals surface area contributed by atoms with Gasteiger partial charge in [-0.3, -0.25) is 30.3 Å². The van der Waals surface area contributed by atoms with E-state index in [2.05, 4.69) is 0 Å². The van der Waals surface area contributed by atoms with Crippen LogP contribution < -0.4 is 5.11 Å². The molecule has 0 saturated heterocycles. The molecular formula is C6H8N3O7-. The molecule has 1 fully saturated rings. The highest BCUT2D eigenvalue weighted by Crippen LogP contribution is 2.24. The average molecular weight is 234 g/mol. The fraction of sp³-hybridized carbons (Fsp3) is 1.00. The highest BCUT2D eigenvalue weighted by atomic mass is 16.6. The van der Waals surface area contributed by atoms with Crippen molar-refractivity contribution < 1.29 is 19.9 Å². The van der Waals surface area contributed by atoms with Gasteiger partial charge < -0.3 is 5.11 Å². The summed E-state index contributed by atoms with van der Waals surface area (Å²) in [6, 6.07) is -4.92. The number of hydrogen-bond acceptors (Lipinski definition) is 7. The Bertz CT molecular complexity index is 308. The highest BCUT2D eigenvalue weighted by molar-refractivity contribution is 4.86. The molecule has 0 aromatic carbocycles. The molecule has 1 saturated carbocycles. The van der Waals surface area contributed by atoms with Gasteiger partial charge in [0.2, 0.25) is 18.1 Å². The van der Waals surface area contributed by atoms with Crippen LogP contribution in [0.25, 0.3) is 0 Å². The second-order valence-corrected chi connectivity index (χ2v) is 3.58. The minimum atomic E-state index is -2.03. The van der Waals surface area contributed by atoms with Gasteiger partial charge in [0, 0.05) is 20.9 Å². The summed E-state index contributed by atoms with van der Waals surface area (Å²) < 4.78 is 0. The minimum absolute atomic E-state index is 0.543. The highest BCUT2D eigenvalue weighted by Gasteiger charge is 2.48. The van der Waals surface area contributed by atoms with E-state index in [-0.39, 0.29) is 0 Å².